The van der Waals surface area contributed by atoms with Crippen molar-refractivity contribution in [3.63, 3.8) is 0 Å². The lowest BCUT2D eigenvalue weighted by Gasteiger charge is -2.23. The van der Waals surface area contributed by atoms with Gasteiger partial charge in [0.25, 0.3) is 0 Å². The summed E-state index contributed by atoms with van der Waals surface area (Å²) in [7, 11) is 0. The first-order valence-electron chi connectivity index (χ1n) is 5.77. The molecule has 0 heterocycles. The predicted molar refractivity (Wildman–Crippen MR) is 62.4 cm³/mol. The fourth-order valence-electron chi connectivity index (χ4n) is 1.36. The second-order valence-electron chi connectivity index (χ2n) is 5.08. The van der Waals surface area contributed by atoms with Crippen LogP contribution in [0.2, 0.25) is 0 Å². The minimum Gasteiger partial charge on any atom is -0.378 e. The molecule has 0 aromatic carbocycles. The fourth-order valence-corrected chi connectivity index (χ4v) is 1.36. The predicted octanol–water partition coefficient (Wildman–Crippen LogP) is 2.96. The smallest absolute Gasteiger partial charge is 0.0572 e. The molecule has 0 saturated heterocycles. The maximum Gasteiger partial charge on any atom is 0.0572 e. The van der Waals surface area contributed by atoms with Gasteiger partial charge in [-0.1, -0.05) is 20.3 Å². The molecule has 2 heteroatoms. The van der Waals surface area contributed by atoms with Crippen LogP contribution in [0.5, 0.6) is 0 Å². The zero-order valence-electron chi connectivity index (χ0n) is 10.5. The summed E-state index contributed by atoms with van der Waals surface area (Å²) in [5.74, 6) is 0.654. The third kappa shape index (κ3) is 7.34. The number of hydrogen-bond acceptors (Lipinski definition) is 2. The van der Waals surface area contributed by atoms with Gasteiger partial charge in [-0.15, -0.1) is 0 Å². The lowest BCUT2D eigenvalue weighted by Crippen LogP contribution is -2.34. The van der Waals surface area contributed by atoms with Crippen molar-refractivity contribution in [2.75, 3.05) is 6.61 Å². The highest BCUT2D eigenvalue weighted by Crippen LogP contribution is 2.14. The molecule has 2 N–H and O–H groups in total. The summed E-state index contributed by atoms with van der Waals surface area (Å²) in [6, 6.07) is 0. The first-order chi connectivity index (χ1) is 6.37. The molecular formula is C12H27NO. The summed E-state index contributed by atoms with van der Waals surface area (Å²) in [6.07, 6.45) is 3.76. The van der Waals surface area contributed by atoms with Crippen LogP contribution in [0.25, 0.3) is 0 Å². The summed E-state index contributed by atoms with van der Waals surface area (Å²) in [5.41, 5.74) is 5.77. The summed E-state index contributed by atoms with van der Waals surface area (Å²) < 4.78 is 5.75. The van der Waals surface area contributed by atoms with Crippen LogP contribution in [0, 0.1) is 5.92 Å². The summed E-state index contributed by atoms with van der Waals surface area (Å²) >= 11 is 0. The molecule has 0 bridgehead atoms. The van der Waals surface area contributed by atoms with E-state index < -0.39 is 0 Å². The number of nitrogens with two attached hydrogens (primary N) is 1. The van der Waals surface area contributed by atoms with Crippen LogP contribution in [0.1, 0.15) is 53.9 Å². The van der Waals surface area contributed by atoms with E-state index in [-0.39, 0.29) is 5.54 Å². The summed E-state index contributed by atoms with van der Waals surface area (Å²) in [4.78, 5) is 0. The van der Waals surface area contributed by atoms with Gasteiger partial charge in [-0.3, -0.25) is 0 Å². The SMILES string of the molecule is CCCC(C)C(C)OCCC(C)(C)N. The molecule has 86 valence electrons. The van der Waals surface area contributed by atoms with Gasteiger partial charge in [0, 0.05) is 12.1 Å². The van der Waals surface area contributed by atoms with Gasteiger partial charge in [0.2, 0.25) is 0 Å². The molecular weight excluding hydrogens is 174 g/mol. The Hall–Kier alpha value is -0.0800. The van der Waals surface area contributed by atoms with E-state index in [1.54, 1.807) is 0 Å². The van der Waals surface area contributed by atoms with Gasteiger partial charge in [-0.25, -0.2) is 0 Å². The van der Waals surface area contributed by atoms with Gasteiger partial charge in [0.05, 0.1) is 6.10 Å². The monoisotopic (exact) mass is 201 g/mol. The molecule has 2 unspecified atom stereocenters. The Morgan fingerprint density at radius 3 is 2.29 bits per heavy atom. The van der Waals surface area contributed by atoms with Crippen molar-refractivity contribution in [3.05, 3.63) is 0 Å². The van der Waals surface area contributed by atoms with Crippen molar-refractivity contribution < 1.29 is 4.74 Å². The van der Waals surface area contributed by atoms with Gasteiger partial charge in [-0.05, 0) is 39.5 Å². The van der Waals surface area contributed by atoms with Crippen molar-refractivity contribution in [1.29, 1.82) is 0 Å². The maximum atomic E-state index is 5.88. The minimum absolute atomic E-state index is 0.103. The van der Waals surface area contributed by atoms with Gasteiger partial charge >= 0.3 is 0 Å². The second kappa shape index (κ2) is 6.41. The Kier molecular flexibility index (Phi) is 6.38. The Balaban J connectivity index is 3.58. The van der Waals surface area contributed by atoms with Crippen LogP contribution in [-0.2, 0) is 4.74 Å². The van der Waals surface area contributed by atoms with Crippen molar-refractivity contribution in [1.82, 2.24) is 0 Å². The third-order valence-electron chi connectivity index (χ3n) is 2.67. The van der Waals surface area contributed by atoms with E-state index in [2.05, 4.69) is 20.8 Å². The van der Waals surface area contributed by atoms with Gasteiger partial charge < -0.3 is 10.5 Å². The quantitative estimate of drug-likeness (QED) is 0.687. The van der Waals surface area contributed by atoms with Gasteiger partial charge in [0.15, 0.2) is 0 Å². The highest BCUT2D eigenvalue weighted by Gasteiger charge is 2.14. The standard InChI is InChI=1S/C12H27NO/c1-6-7-10(2)11(3)14-9-8-12(4,5)13/h10-11H,6-9,13H2,1-5H3. The van der Waals surface area contributed by atoms with Crippen LogP contribution in [-0.4, -0.2) is 18.2 Å². The average Bonchev–Trinajstić information content (AvgIpc) is 2.02. The Bertz CT molecular complexity index is 140. The molecule has 0 aliphatic rings. The first-order valence-corrected chi connectivity index (χ1v) is 5.77. The molecule has 0 radical (unpaired) electrons. The molecule has 0 aromatic rings. The van der Waals surface area contributed by atoms with E-state index in [9.17, 15) is 0 Å². The van der Waals surface area contributed by atoms with Gasteiger partial charge in [0.1, 0.15) is 0 Å². The molecule has 0 spiro atoms. The topological polar surface area (TPSA) is 35.2 Å². The molecule has 0 saturated carbocycles. The summed E-state index contributed by atoms with van der Waals surface area (Å²) in [6.45, 7) is 11.5. The molecule has 0 aliphatic carbocycles. The van der Waals surface area contributed by atoms with E-state index >= 15 is 0 Å². The maximum absolute atomic E-state index is 5.88. The van der Waals surface area contributed by atoms with Crippen LogP contribution in [0.15, 0.2) is 0 Å². The molecule has 0 amide bonds. The number of ether oxygens (including phenoxy) is 1. The van der Waals surface area contributed by atoms with Crippen molar-refractivity contribution in [3.8, 4) is 0 Å². The van der Waals surface area contributed by atoms with Gasteiger partial charge in [-0.2, -0.15) is 0 Å². The largest absolute Gasteiger partial charge is 0.378 e. The zero-order chi connectivity index (χ0) is 11.2. The van der Waals surface area contributed by atoms with E-state index in [0.29, 0.717) is 12.0 Å². The highest BCUT2D eigenvalue weighted by atomic mass is 16.5. The second-order valence-corrected chi connectivity index (χ2v) is 5.08. The highest BCUT2D eigenvalue weighted by molar-refractivity contribution is 4.71. The van der Waals surface area contributed by atoms with E-state index in [0.717, 1.165) is 13.0 Å². The number of hydrogen-bond donors (Lipinski definition) is 1. The van der Waals surface area contributed by atoms with E-state index in [4.69, 9.17) is 10.5 Å². The third-order valence-corrected chi connectivity index (χ3v) is 2.67. The van der Waals surface area contributed by atoms with Crippen LogP contribution < -0.4 is 5.73 Å². The fraction of sp³-hybridized carbons (Fsp3) is 1.00. The van der Waals surface area contributed by atoms with Crippen molar-refractivity contribution >= 4 is 0 Å². The molecule has 0 aliphatic heterocycles. The molecule has 2 atom stereocenters. The van der Waals surface area contributed by atoms with Crippen LogP contribution >= 0.6 is 0 Å². The van der Waals surface area contributed by atoms with Crippen molar-refractivity contribution in [2.24, 2.45) is 11.7 Å². The summed E-state index contributed by atoms with van der Waals surface area (Å²) in [5, 5.41) is 0. The van der Waals surface area contributed by atoms with Crippen LogP contribution in [0.4, 0.5) is 0 Å². The Morgan fingerprint density at radius 1 is 1.29 bits per heavy atom. The van der Waals surface area contributed by atoms with E-state index in [1.165, 1.54) is 12.8 Å². The number of rotatable bonds is 7. The average molecular weight is 201 g/mol. The van der Waals surface area contributed by atoms with Crippen LogP contribution in [0.3, 0.4) is 0 Å². The first kappa shape index (κ1) is 13.9. The Labute approximate surface area is 89.2 Å². The normalized spacial score (nSPS) is 16.7. The zero-order valence-corrected chi connectivity index (χ0v) is 10.5. The van der Waals surface area contributed by atoms with E-state index in [1.807, 2.05) is 13.8 Å². The lowest BCUT2D eigenvalue weighted by atomic mass is 10.00. The van der Waals surface area contributed by atoms with Crippen molar-refractivity contribution in [2.45, 2.75) is 65.5 Å². The lowest BCUT2D eigenvalue weighted by molar-refractivity contribution is 0.0201. The molecule has 2 nitrogen and oxygen atoms in total. The minimum atomic E-state index is -0.103. The Morgan fingerprint density at radius 2 is 1.86 bits per heavy atom. The molecule has 14 heavy (non-hydrogen) atoms. The molecule has 0 aromatic heterocycles. The molecule has 0 fully saturated rings. The molecule has 0 rings (SSSR count).